The summed E-state index contributed by atoms with van der Waals surface area (Å²) in [6.07, 6.45) is 1.46. The minimum Gasteiger partial charge on any atom is -0.313 e. The molecule has 130 valence electrons. The van der Waals surface area contributed by atoms with Gasteiger partial charge in [0.05, 0.1) is 0 Å². The largest absolute Gasteiger partial charge is 0.313 e. The van der Waals surface area contributed by atoms with Crippen molar-refractivity contribution in [3.63, 3.8) is 0 Å². The molecule has 0 aliphatic heterocycles. The summed E-state index contributed by atoms with van der Waals surface area (Å²) in [6, 6.07) is 27.1. The summed E-state index contributed by atoms with van der Waals surface area (Å²) in [5.74, 6) is 0.421. The Kier molecular flexibility index (Phi) is 4.57. The lowest BCUT2D eigenvalue weighted by atomic mass is 9.77. The Bertz CT molecular complexity index is 916. The van der Waals surface area contributed by atoms with Crippen LogP contribution in [0.25, 0.3) is 11.1 Å². The van der Waals surface area contributed by atoms with Crippen LogP contribution in [0.2, 0.25) is 0 Å². The molecule has 0 N–H and O–H groups in total. The SMILES string of the molecule is CCN(C(=O)CC1Cc2ccccc2-c2ccccc21)c1ccccc1. The molecule has 3 aromatic carbocycles. The van der Waals surface area contributed by atoms with Gasteiger partial charge in [0.1, 0.15) is 0 Å². The van der Waals surface area contributed by atoms with Gasteiger partial charge in [-0.2, -0.15) is 0 Å². The van der Waals surface area contributed by atoms with Gasteiger partial charge in [0.25, 0.3) is 0 Å². The molecule has 1 amide bonds. The molecule has 1 aliphatic carbocycles. The lowest BCUT2D eigenvalue weighted by Crippen LogP contribution is -2.32. The molecule has 2 heteroatoms. The summed E-state index contributed by atoms with van der Waals surface area (Å²) in [4.78, 5) is 15.0. The van der Waals surface area contributed by atoms with Crippen LogP contribution in [-0.2, 0) is 11.2 Å². The minimum atomic E-state index is 0.192. The molecule has 4 rings (SSSR count). The van der Waals surface area contributed by atoms with E-state index in [-0.39, 0.29) is 11.8 Å². The third-order valence-electron chi connectivity index (χ3n) is 5.28. The van der Waals surface area contributed by atoms with Crippen molar-refractivity contribution in [3.05, 3.63) is 90.0 Å². The molecular weight excluding hydrogens is 318 g/mol. The Morgan fingerprint density at radius 1 is 0.885 bits per heavy atom. The van der Waals surface area contributed by atoms with Crippen LogP contribution in [0.1, 0.15) is 30.4 Å². The molecule has 26 heavy (non-hydrogen) atoms. The predicted octanol–water partition coefficient (Wildman–Crippen LogP) is 5.44. The maximum absolute atomic E-state index is 13.1. The minimum absolute atomic E-state index is 0.192. The number of nitrogens with zero attached hydrogens (tertiary/aromatic N) is 1. The van der Waals surface area contributed by atoms with Crippen molar-refractivity contribution in [1.29, 1.82) is 0 Å². The highest BCUT2D eigenvalue weighted by Crippen LogP contribution is 2.41. The maximum atomic E-state index is 13.1. The molecular formula is C24H23NO. The van der Waals surface area contributed by atoms with Gasteiger partial charge < -0.3 is 4.90 Å². The predicted molar refractivity (Wildman–Crippen MR) is 107 cm³/mol. The molecule has 0 bridgehead atoms. The van der Waals surface area contributed by atoms with Gasteiger partial charge in [-0.15, -0.1) is 0 Å². The van der Waals surface area contributed by atoms with Gasteiger partial charge in [-0.1, -0.05) is 66.7 Å². The van der Waals surface area contributed by atoms with Gasteiger partial charge in [-0.3, -0.25) is 4.79 Å². The Hall–Kier alpha value is -2.87. The quantitative estimate of drug-likeness (QED) is 0.619. The fourth-order valence-corrected chi connectivity index (χ4v) is 4.05. The molecule has 2 nitrogen and oxygen atoms in total. The van der Waals surface area contributed by atoms with Crippen molar-refractivity contribution in [1.82, 2.24) is 0 Å². The van der Waals surface area contributed by atoms with Crippen molar-refractivity contribution in [2.75, 3.05) is 11.4 Å². The van der Waals surface area contributed by atoms with E-state index in [1.54, 1.807) is 0 Å². The molecule has 3 aromatic rings. The standard InChI is InChI=1S/C24H23NO/c1-2-25(20-11-4-3-5-12-20)24(26)17-19-16-18-10-6-7-13-21(18)23-15-9-8-14-22(19)23/h3-15,19H,2,16-17H2,1H3. The summed E-state index contributed by atoms with van der Waals surface area (Å²) in [7, 11) is 0. The Labute approximate surface area is 155 Å². The number of rotatable bonds is 4. The number of fused-ring (bicyclic) bond motifs is 3. The number of amides is 1. The van der Waals surface area contributed by atoms with E-state index in [4.69, 9.17) is 0 Å². The van der Waals surface area contributed by atoms with Crippen molar-refractivity contribution in [2.24, 2.45) is 0 Å². The number of anilines is 1. The van der Waals surface area contributed by atoms with Crippen LogP contribution in [0, 0.1) is 0 Å². The number of carbonyl (C=O) groups is 1. The molecule has 0 heterocycles. The molecule has 0 aromatic heterocycles. The summed E-state index contributed by atoms with van der Waals surface area (Å²) in [6.45, 7) is 2.73. The molecule has 0 fully saturated rings. The van der Waals surface area contributed by atoms with Crippen molar-refractivity contribution in [2.45, 2.75) is 25.7 Å². The van der Waals surface area contributed by atoms with E-state index in [2.05, 4.69) is 48.5 Å². The van der Waals surface area contributed by atoms with E-state index in [9.17, 15) is 4.79 Å². The molecule has 0 saturated heterocycles. The number of hydrogen-bond acceptors (Lipinski definition) is 1. The van der Waals surface area contributed by atoms with Gasteiger partial charge in [0.15, 0.2) is 0 Å². The van der Waals surface area contributed by atoms with Crippen LogP contribution < -0.4 is 4.90 Å². The van der Waals surface area contributed by atoms with E-state index in [1.165, 1.54) is 22.3 Å². The van der Waals surface area contributed by atoms with Crippen LogP contribution in [0.3, 0.4) is 0 Å². The van der Waals surface area contributed by atoms with Crippen molar-refractivity contribution >= 4 is 11.6 Å². The van der Waals surface area contributed by atoms with E-state index >= 15 is 0 Å². The first kappa shape index (κ1) is 16.6. The van der Waals surface area contributed by atoms with Crippen LogP contribution >= 0.6 is 0 Å². The second kappa shape index (κ2) is 7.17. The zero-order valence-corrected chi connectivity index (χ0v) is 15.1. The van der Waals surface area contributed by atoms with Gasteiger partial charge in [-0.25, -0.2) is 0 Å². The Morgan fingerprint density at radius 3 is 2.31 bits per heavy atom. The number of hydrogen-bond donors (Lipinski definition) is 0. The Morgan fingerprint density at radius 2 is 1.54 bits per heavy atom. The maximum Gasteiger partial charge on any atom is 0.227 e. The molecule has 0 spiro atoms. The van der Waals surface area contributed by atoms with E-state index in [0.29, 0.717) is 13.0 Å². The highest BCUT2D eigenvalue weighted by atomic mass is 16.2. The molecule has 0 radical (unpaired) electrons. The van der Waals surface area contributed by atoms with Crippen LogP contribution in [0.15, 0.2) is 78.9 Å². The zero-order valence-electron chi connectivity index (χ0n) is 15.1. The van der Waals surface area contributed by atoms with Gasteiger partial charge in [0.2, 0.25) is 5.91 Å². The van der Waals surface area contributed by atoms with Crippen LogP contribution in [0.4, 0.5) is 5.69 Å². The third kappa shape index (κ3) is 3.03. The van der Waals surface area contributed by atoms with Crippen LogP contribution in [-0.4, -0.2) is 12.5 Å². The monoisotopic (exact) mass is 341 g/mol. The summed E-state index contributed by atoms with van der Waals surface area (Å²) >= 11 is 0. The lowest BCUT2D eigenvalue weighted by molar-refractivity contribution is -0.118. The van der Waals surface area contributed by atoms with E-state index < -0.39 is 0 Å². The number of para-hydroxylation sites is 1. The number of carbonyl (C=O) groups excluding carboxylic acids is 1. The normalized spacial score (nSPS) is 15.0. The first-order chi connectivity index (χ1) is 12.8. The second-order valence-corrected chi connectivity index (χ2v) is 6.82. The summed E-state index contributed by atoms with van der Waals surface area (Å²) < 4.78 is 0. The summed E-state index contributed by atoms with van der Waals surface area (Å²) in [5, 5.41) is 0. The molecule has 1 atom stereocenters. The number of benzene rings is 3. The molecule has 1 unspecified atom stereocenters. The third-order valence-corrected chi connectivity index (χ3v) is 5.28. The van der Waals surface area contributed by atoms with Gasteiger partial charge in [-0.05, 0) is 53.6 Å². The molecule has 1 aliphatic rings. The molecule has 0 saturated carbocycles. The van der Waals surface area contributed by atoms with E-state index in [0.717, 1.165) is 12.1 Å². The highest BCUT2D eigenvalue weighted by Gasteiger charge is 2.27. The van der Waals surface area contributed by atoms with E-state index in [1.807, 2.05) is 42.2 Å². The fraction of sp³-hybridized carbons (Fsp3) is 0.208. The topological polar surface area (TPSA) is 20.3 Å². The first-order valence-electron chi connectivity index (χ1n) is 9.30. The van der Waals surface area contributed by atoms with Gasteiger partial charge >= 0.3 is 0 Å². The zero-order chi connectivity index (χ0) is 17.9. The highest BCUT2D eigenvalue weighted by molar-refractivity contribution is 5.94. The smallest absolute Gasteiger partial charge is 0.227 e. The van der Waals surface area contributed by atoms with Crippen molar-refractivity contribution in [3.8, 4) is 11.1 Å². The van der Waals surface area contributed by atoms with Gasteiger partial charge in [0, 0.05) is 18.7 Å². The Balaban J connectivity index is 1.64. The first-order valence-corrected chi connectivity index (χ1v) is 9.30. The van der Waals surface area contributed by atoms with Crippen molar-refractivity contribution < 1.29 is 4.79 Å². The fourth-order valence-electron chi connectivity index (χ4n) is 4.05. The average Bonchev–Trinajstić information content (AvgIpc) is 2.69. The lowest BCUT2D eigenvalue weighted by Gasteiger charge is -2.29. The van der Waals surface area contributed by atoms with Crippen LogP contribution in [0.5, 0.6) is 0 Å². The average molecular weight is 341 g/mol. The summed E-state index contributed by atoms with van der Waals surface area (Å²) in [5.41, 5.74) is 6.19. The second-order valence-electron chi connectivity index (χ2n) is 6.82.